The van der Waals surface area contributed by atoms with E-state index >= 15 is 0 Å². The lowest BCUT2D eigenvalue weighted by Crippen LogP contribution is -2.08. The van der Waals surface area contributed by atoms with Crippen LogP contribution in [0.5, 0.6) is 5.75 Å². The zero-order valence-electron chi connectivity index (χ0n) is 18.6. The van der Waals surface area contributed by atoms with Gasteiger partial charge in [-0.25, -0.2) is 9.97 Å². The molecule has 0 radical (unpaired) electrons. The maximum atomic E-state index is 12.6. The molecule has 4 aromatic rings. The Hall–Kier alpha value is -2.90. The number of carbonyl (C=O) groups is 1. The maximum Gasteiger partial charge on any atom is 0.311 e. The first-order chi connectivity index (χ1) is 16.1. The number of imidazole rings is 1. The summed E-state index contributed by atoms with van der Waals surface area (Å²) in [5.74, 6) is 1.54. The molecular weight excluding hydrogens is 458 g/mol. The third-order valence-electron chi connectivity index (χ3n) is 5.89. The minimum atomic E-state index is -0.268. The minimum Gasteiger partial charge on any atom is -0.496 e. The average Bonchev–Trinajstić information content (AvgIpc) is 3.51. The van der Waals surface area contributed by atoms with Gasteiger partial charge < -0.3 is 14.0 Å². The Labute approximate surface area is 201 Å². The summed E-state index contributed by atoms with van der Waals surface area (Å²) in [6.45, 7) is 3.29. The fourth-order valence-corrected chi connectivity index (χ4v) is 5.58. The third kappa shape index (κ3) is 4.35. The Morgan fingerprint density at radius 3 is 2.91 bits per heavy atom. The topological polar surface area (TPSA) is 66.2 Å². The molecule has 0 N–H and O–H groups in total. The number of esters is 1. The smallest absolute Gasteiger partial charge is 0.311 e. The summed E-state index contributed by atoms with van der Waals surface area (Å²) in [6.07, 6.45) is 3.10. The van der Waals surface area contributed by atoms with Crippen molar-refractivity contribution in [3.8, 4) is 16.3 Å². The summed E-state index contributed by atoms with van der Waals surface area (Å²) in [4.78, 5) is 23.0. The first-order valence-corrected chi connectivity index (χ1v) is 12.2. The van der Waals surface area contributed by atoms with Gasteiger partial charge in [-0.1, -0.05) is 24.6 Å². The van der Waals surface area contributed by atoms with E-state index in [0.717, 1.165) is 69.4 Å². The highest BCUT2D eigenvalue weighted by Gasteiger charge is 2.19. The first-order valence-electron chi connectivity index (χ1n) is 11.0. The Kier molecular flexibility index (Phi) is 6.08. The summed E-state index contributed by atoms with van der Waals surface area (Å²) in [7, 11) is 1.61. The highest BCUT2D eigenvalue weighted by molar-refractivity contribution is 7.15. The van der Waals surface area contributed by atoms with Crippen molar-refractivity contribution in [3.05, 3.63) is 63.4 Å². The van der Waals surface area contributed by atoms with Crippen molar-refractivity contribution >= 4 is 39.9 Å². The molecule has 8 heteroatoms. The van der Waals surface area contributed by atoms with Gasteiger partial charge in [-0.3, -0.25) is 4.79 Å². The molecule has 1 aliphatic heterocycles. The number of methoxy groups -OCH3 is 1. The van der Waals surface area contributed by atoms with Crippen LogP contribution in [0.2, 0.25) is 5.02 Å². The van der Waals surface area contributed by atoms with Crippen molar-refractivity contribution in [2.45, 2.75) is 45.8 Å². The van der Waals surface area contributed by atoms with Gasteiger partial charge in [-0.15, -0.1) is 11.3 Å². The van der Waals surface area contributed by atoms with E-state index in [-0.39, 0.29) is 19.0 Å². The van der Waals surface area contributed by atoms with Gasteiger partial charge in [0.15, 0.2) is 0 Å². The van der Waals surface area contributed by atoms with Gasteiger partial charge in [-0.05, 0) is 48.7 Å². The molecule has 1 aliphatic rings. The lowest BCUT2D eigenvalue weighted by molar-refractivity contribution is -0.144. The third-order valence-corrected chi connectivity index (χ3v) is 7.25. The predicted molar refractivity (Wildman–Crippen MR) is 130 cm³/mol. The Bertz CT molecular complexity index is 1340. The highest BCUT2D eigenvalue weighted by Crippen LogP contribution is 2.36. The number of fused-ring (bicyclic) bond motifs is 3. The van der Waals surface area contributed by atoms with Gasteiger partial charge in [0, 0.05) is 22.9 Å². The second-order valence-corrected chi connectivity index (χ2v) is 9.55. The quantitative estimate of drug-likeness (QED) is 0.321. The number of hydrogen-bond acceptors (Lipinski definition) is 6. The van der Waals surface area contributed by atoms with Crippen LogP contribution in [0.3, 0.4) is 0 Å². The molecule has 6 nitrogen and oxygen atoms in total. The summed E-state index contributed by atoms with van der Waals surface area (Å²) < 4.78 is 13.3. The largest absolute Gasteiger partial charge is 0.496 e. The zero-order valence-corrected chi connectivity index (χ0v) is 20.1. The zero-order chi connectivity index (χ0) is 22.9. The fourth-order valence-electron chi connectivity index (χ4n) is 4.25. The Morgan fingerprint density at radius 1 is 1.21 bits per heavy atom. The molecule has 5 rings (SSSR count). The van der Waals surface area contributed by atoms with Crippen LogP contribution in [0.4, 0.5) is 0 Å². The lowest BCUT2D eigenvalue weighted by Gasteiger charge is -2.06. The summed E-state index contributed by atoms with van der Waals surface area (Å²) in [6, 6.07) is 11.6. The number of thiazole rings is 1. The Balaban J connectivity index is 1.28. The molecule has 0 bridgehead atoms. The van der Waals surface area contributed by atoms with Gasteiger partial charge in [0.05, 0.1) is 35.8 Å². The number of nitrogens with zero attached hydrogens (tertiary/aromatic N) is 3. The molecule has 0 amide bonds. The summed E-state index contributed by atoms with van der Waals surface area (Å²) in [5.41, 5.74) is 4.83. The number of rotatable bonds is 7. The van der Waals surface area contributed by atoms with Crippen molar-refractivity contribution in [2.75, 3.05) is 7.11 Å². The van der Waals surface area contributed by atoms with Gasteiger partial charge in [-0.2, -0.15) is 0 Å². The normalized spacial score (nSPS) is 12.8. The highest BCUT2D eigenvalue weighted by atomic mass is 35.5. The molecule has 2 aromatic carbocycles. The van der Waals surface area contributed by atoms with Crippen LogP contribution in [0.25, 0.3) is 21.6 Å². The van der Waals surface area contributed by atoms with Crippen molar-refractivity contribution in [1.82, 2.24) is 14.5 Å². The van der Waals surface area contributed by atoms with E-state index in [1.54, 1.807) is 13.2 Å². The number of benzene rings is 2. The number of halogens is 1. The lowest BCUT2D eigenvalue weighted by atomic mass is 10.2. The molecule has 2 aromatic heterocycles. The van der Waals surface area contributed by atoms with E-state index in [2.05, 4.69) is 10.6 Å². The number of carbonyl (C=O) groups excluding carboxylic acids is 1. The van der Waals surface area contributed by atoms with E-state index in [1.165, 1.54) is 11.3 Å². The van der Waals surface area contributed by atoms with Gasteiger partial charge in [0.1, 0.15) is 23.2 Å². The van der Waals surface area contributed by atoms with Crippen molar-refractivity contribution < 1.29 is 14.3 Å². The molecular formula is C25H24ClN3O3S. The van der Waals surface area contributed by atoms with Crippen LogP contribution in [-0.2, 0) is 41.9 Å². The van der Waals surface area contributed by atoms with Gasteiger partial charge >= 0.3 is 5.97 Å². The van der Waals surface area contributed by atoms with Gasteiger partial charge in [0.25, 0.3) is 0 Å². The van der Waals surface area contributed by atoms with E-state index in [4.69, 9.17) is 31.0 Å². The van der Waals surface area contributed by atoms with E-state index in [1.807, 2.05) is 31.2 Å². The van der Waals surface area contributed by atoms with Crippen LogP contribution < -0.4 is 4.74 Å². The minimum absolute atomic E-state index is 0.192. The molecule has 0 spiro atoms. The molecule has 170 valence electrons. The SMILES string of the molecule is CCc1nc(-c2ccc(Cl)cc2OC)sc1CC(=O)OCc1ccc2c(c1)nc1n2CCC1. The second kappa shape index (κ2) is 9.15. The average molecular weight is 482 g/mol. The van der Waals surface area contributed by atoms with E-state index in [0.29, 0.717) is 10.8 Å². The molecule has 0 aliphatic carbocycles. The van der Waals surface area contributed by atoms with Crippen LogP contribution >= 0.6 is 22.9 Å². The molecule has 3 heterocycles. The van der Waals surface area contributed by atoms with Crippen molar-refractivity contribution in [3.63, 3.8) is 0 Å². The number of aromatic nitrogens is 3. The van der Waals surface area contributed by atoms with Gasteiger partial charge in [0.2, 0.25) is 0 Å². The standard InChI is InChI=1S/C25H24ClN3O3S/c1-3-18-22(33-25(28-18)17-8-7-16(26)12-21(17)31-2)13-24(30)32-14-15-6-9-20-19(11-15)27-23-5-4-10-29(20)23/h6-9,11-12H,3-5,10,13-14H2,1-2H3. The second-order valence-electron chi connectivity index (χ2n) is 8.03. The van der Waals surface area contributed by atoms with Crippen LogP contribution in [0.15, 0.2) is 36.4 Å². The summed E-state index contributed by atoms with van der Waals surface area (Å²) in [5, 5.41) is 1.41. The molecule has 0 atom stereocenters. The molecule has 0 unspecified atom stereocenters. The van der Waals surface area contributed by atoms with Crippen LogP contribution in [0, 0.1) is 0 Å². The fraction of sp³-hybridized carbons (Fsp3) is 0.320. The number of aryl methyl sites for hydroxylation is 3. The van der Waals surface area contributed by atoms with E-state index in [9.17, 15) is 4.79 Å². The molecule has 0 saturated carbocycles. The number of hydrogen-bond donors (Lipinski definition) is 0. The number of ether oxygens (including phenoxy) is 2. The van der Waals surface area contributed by atoms with Crippen LogP contribution in [0.1, 0.15) is 35.3 Å². The maximum absolute atomic E-state index is 12.6. The van der Waals surface area contributed by atoms with Crippen molar-refractivity contribution in [1.29, 1.82) is 0 Å². The Morgan fingerprint density at radius 2 is 2.09 bits per heavy atom. The molecule has 0 fully saturated rings. The summed E-state index contributed by atoms with van der Waals surface area (Å²) >= 11 is 7.58. The van der Waals surface area contributed by atoms with Crippen molar-refractivity contribution in [2.24, 2.45) is 0 Å². The first kappa shape index (κ1) is 21.9. The monoisotopic (exact) mass is 481 g/mol. The van der Waals surface area contributed by atoms with Crippen LogP contribution in [-0.4, -0.2) is 27.6 Å². The van der Waals surface area contributed by atoms with E-state index < -0.39 is 0 Å². The molecule has 33 heavy (non-hydrogen) atoms. The predicted octanol–water partition coefficient (Wildman–Crippen LogP) is 5.62. The molecule has 0 saturated heterocycles.